The van der Waals surface area contributed by atoms with Crippen LogP contribution in [0.4, 0.5) is 24.5 Å². The number of hydrogen-bond donors (Lipinski definition) is 3. The van der Waals surface area contributed by atoms with Crippen molar-refractivity contribution in [1.29, 1.82) is 5.26 Å². The van der Waals surface area contributed by atoms with Crippen molar-refractivity contribution in [2.24, 2.45) is 5.41 Å². The predicted molar refractivity (Wildman–Crippen MR) is 280 cm³/mol. The molecular formula is C54H65F3N8O7S2. The summed E-state index contributed by atoms with van der Waals surface area (Å²) < 4.78 is 52.9. The summed E-state index contributed by atoms with van der Waals surface area (Å²) in [7, 11) is 0. The monoisotopic (exact) mass is 1060 g/mol. The smallest absolute Gasteiger partial charge is 0.391 e. The molecular weight excluding hydrogens is 994 g/mol. The maximum atomic E-state index is 14.0. The van der Waals surface area contributed by atoms with E-state index in [-0.39, 0.29) is 42.8 Å². The third kappa shape index (κ3) is 13.2. The highest BCUT2D eigenvalue weighted by Crippen LogP contribution is 2.41. The molecule has 4 amide bonds. The number of rotatable bonds is 19. The van der Waals surface area contributed by atoms with Crippen molar-refractivity contribution in [3.05, 3.63) is 100 Å². The van der Waals surface area contributed by atoms with E-state index >= 15 is 0 Å². The second kappa shape index (κ2) is 23.8. The van der Waals surface area contributed by atoms with E-state index in [0.717, 1.165) is 83.2 Å². The number of alkyl halides is 3. The SMILES string of the molecule is Cc1ncsc1-c1ccc(CNC(=O)[C@@H]2C[C@@H](O)CN2C(=O)C(NC(=O)COCCCCOCCN2CCC(c3ccc(N4C(=S)N(c5ccc(C#N)c(C(F)(F)F)c5)C(=O)C4(C)C)cc3)CC2)C(C)(C)C)cc1. The fourth-order valence-corrected chi connectivity index (χ4v) is 11.0. The van der Waals surface area contributed by atoms with Crippen LogP contribution >= 0.6 is 23.6 Å². The highest BCUT2D eigenvalue weighted by Gasteiger charge is 2.51. The van der Waals surface area contributed by atoms with Crippen LogP contribution in [0.1, 0.15) is 101 Å². The lowest BCUT2D eigenvalue weighted by atomic mass is 9.85. The summed E-state index contributed by atoms with van der Waals surface area (Å²) in [4.78, 5) is 66.1. The van der Waals surface area contributed by atoms with Gasteiger partial charge in [0, 0.05) is 45.0 Å². The molecule has 74 heavy (non-hydrogen) atoms. The number of nitrogens with zero attached hydrogens (tertiary/aromatic N) is 6. The van der Waals surface area contributed by atoms with Gasteiger partial charge in [-0.1, -0.05) is 57.2 Å². The molecule has 3 aliphatic rings. The van der Waals surface area contributed by atoms with Gasteiger partial charge in [0.25, 0.3) is 5.91 Å². The van der Waals surface area contributed by atoms with Gasteiger partial charge < -0.3 is 39.9 Å². The Morgan fingerprint density at radius 2 is 1.64 bits per heavy atom. The van der Waals surface area contributed by atoms with E-state index in [0.29, 0.717) is 37.8 Å². The first-order valence-corrected chi connectivity index (χ1v) is 26.2. The van der Waals surface area contributed by atoms with Crippen molar-refractivity contribution < 1.29 is 46.9 Å². The molecule has 4 heterocycles. The molecule has 0 aliphatic carbocycles. The van der Waals surface area contributed by atoms with Crippen LogP contribution in [0.15, 0.2) is 72.2 Å². The van der Waals surface area contributed by atoms with Crippen molar-refractivity contribution in [3.8, 4) is 16.5 Å². The number of unbranched alkanes of at least 4 members (excludes halogenated alkanes) is 1. The topological polar surface area (TPSA) is 181 Å². The van der Waals surface area contributed by atoms with Crippen LogP contribution in [0.3, 0.4) is 0 Å². The average molecular weight is 1060 g/mol. The van der Waals surface area contributed by atoms with E-state index in [1.54, 1.807) is 41.7 Å². The molecule has 396 valence electrons. The van der Waals surface area contributed by atoms with Crippen molar-refractivity contribution in [2.75, 3.05) is 62.4 Å². The third-order valence-electron chi connectivity index (χ3n) is 13.9. The molecule has 15 nitrogen and oxygen atoms in total. The highest BCUT2D eigenvalue weighted by molar-refractivity contribution is 7.81. The van der Waals surface area contributed by atoms with Gasteiger partial charge >= 0.3 is 6.18 Å². The average Bonchev–Trinajstić information content (AvgIpc) is 4.03. The fourth-order valence-electron chi connectivity index (χ4n) is 9.70. The number of hydrogen-bond acceptors (Lipinski definition) is 12. The quantitative estimate of drug-likeness (QED) is 0.0616. The van der Waals surface area contributed by atoms with Crippen LogP contribution in [-0.4, -0.2) is 125 Å². The number of piperidine rings is 1. The molecule has 0 spiro atoms. The van der Waals surface area contributed by atoms with Gasteiger partial charge in [0.05, 0.1) is 51.7 Å². The van der Waals surface area contributed by atoms with Crippen LogP contribution in [0.25, 0.3) is 10.4 Å². The number of aliphatic hydroxyl groups excluding tert-OH is 1. The Labute approximate surface area is 440 Å². The summed E-state index contributed by atoms with van der Waals surface area (Å²) in [6.07, 6.45) is -2.27. The van der Waals surface area contributed by atoms with E-state index < -0.39 is 64.2 Å². The third-order valence-corrected chi connectivity index (χ3v) is 15.2. The van der Waals surface area contributed by atoms with E-state index in [4.69, 9.17) is 21.7 Å². The lowest BCUT2D eigenvalue weighted by molar-refractivity contribution is -0.144. The minimum Gasteiger partial charge on any atom is -0.391 e. The predicted octanol–water partition coefficient (Wildman–Crippen LogP) is 7.73. The molecule has 0 bridgehead atoms. The van der Waals surface area contributed by atoms with Crippen molar-refractivity contribution >= 4 is 63.7 Å². The summed E-state index contributed by atoms with van der Waals surface area (Å²) in [5.41, 5.74) is 2.88. The second-order valence-electron chi connectivity index (χ2n) is 20.7. The Morgan fingerprint density at radius 1 is 0.973 bits per heavy atom. The first-order valence-electron chi connectivity index (χ1n) is 24.9. The summed E-state index contributed by atoms with van der Waals surface area (Å²) in [5.74, 6) is -1.42. The van der Waals surface area contributed by atoms with E-state index in [1.807, 2.05) is 76.2 Å². The molecule has 3 N–H and O–H groups in total. The number of ether oxygens (including phenoxy) is 2. The van der Waals surface area contributed by atoms with Crippen molar-refractivity contribution in [3.63, 3.8) is 0 Å². The number of nitrogens with one attached hydrogen (secondary N) is 2. The maximum Gasteiger partial charge on any atom is 0.417 e. The number of aromatic nitrogens is 1. The first kappa shape index (κ1) is 55.9. The Kier molecular flexibility index (Phi) is 18.0. The Bertz CT molecular complexity index is 2700. The van der Waals surface area contributed by atoms with E-state index in [9.17, 15) is 42.7 Å². The molecule has 20 heteroatoms. The summed E-state index contributed by atoms with van der Waals surface area (Å²) in [6.45, 7) is 14.8. The van der Waals surface area contributed by atoms with Gasteiger partial charge in [-0.15, -0.1) is 11.3 Å². The number of carbonyl (C=O) groups is 4. The number of aliphatic hydroxyl groups is 1. The van der Waals surface area contributed by atoms with Crippen LogP contribution in [-0.2, 0) is 41.4 Å². The number of amides is 4. The molecule has 3 saturated heterocycles. The van der Waals surface area contributed by atoms with Gasteiger partial charge in [-0.05, 0) is 130 Å². The largest absolute Gasteiger partial charge is 0.417 e. The molecule has 1 aromatic heterocycles. The van der Waals surface area contributed by atoms with E-state index in [2.05, 4.69) is 20.5 Å². The highest BCUT2D eigenvalue weighted by atomic mass is 32.1. The van der Waals surface area contributed by atoms with Gasteiger partial charge in [0.1, 0.15) is 24.2 Å². The molecule has 3 aromatic carbocycles. The zero-order valence-electron chi connectivity index (χ0n) is 42.7. The zero-order valence-corrected chi connectivity index (χ0v) is 44.3. The molecule has 0 saturated carbocycles. The summed E-state index contributed by atoms with van der Waals surface area (Å²) in [6, 6.07) is 18.5. The summed E-state index contributed by atoms with van der Waals surface area (Å²) in [5, 5.41) is 25.6. The first-order chi connectivity index (χ1) is 35.1. The van der Waals surface area contributed by atoms with Gasteiger partial charge in [-0.2, -0.15) is 18.4 Å². The molecule has 0 radical (unpaired) electrons. The number of anilines is 2. The summed E-state index contributed by atoms with van der Waals surface area (Å²) >= 11 is 7.27. The van der Waals surface area contributed by atoms with Crippen LogP contribution in [0, 0.1) is 23.7 Å². The number of likely N-dealkylation sites (tertiary alicyclic amines) is 2. The number of nitriles is 1. The van der Waals surface area contributed by atoms with Crippen LogP contribution < -0.4 is 20.4 Å². The molecule has 4 aromatic rings. The molecule has 1 unspecified atom stereocenters. The van der Waals surface area contributed by atoms with Gasteiger partial charge in [-0.25, -0.2) is 4.98 Å². The van der Waals surface area contributed by atoms with Crippen molar-refractivity contribution in [2.45, 2.75) is 116 Å². The molecule has 7 rings (SSSR count). The Morgan fingerprint density at radius 3 is 2.26 bits per heavy atom. The number of thiocarbonyl (C=S) groups is 1. The molecule has 3 aliphatic heterocycles. The standard InChI is InChI=1S/C54H65F3N8O7S2/c1-34-46(74-33-60-34)38-11-9-35(10-12-38)30-59-48(68)44-28-42(66)31-63(44)49(69)47(52(2,3)4)61-45(67)32-72-25-8-7-24-71-26-23-62-21-19-37(20-22-62)36-13-16-40(17-14-36)65-51(73)64(50(70)53(65,5)6)41-18-15-39(29-58)43(27-41)54(55,56)57/h9-18,27,33,37,42,44,47,66H,7-8,19-26,28,30-32H2,1-6H3,(H,59,68)(H,61,67)/t42-,44+,47?/m1/s1. The maximum absolute atomic E-state index is 14.0. The van der Waals surface area contributed by atoms with E-state index in [1.165, 1.54) is 11.0 Å². The van der Waals surface area contributed by atoms with Gasteiger partial charge in [0.15, 0.2) is 5.11 Å². The minimum absolute atomic E-state index is 0.0198. The second-order valence-corrected chi connectivity index (χ2v) is 21.9. The lowest BCUT2D eigenvalue weighted by Gasteiger charge is -2.35. The van der Waals surface area contributed by atoms with Crippen LogP contribution in [0.5, 0.6) is 0 Å². The minimum atomic E-state index is -4.79. The zero-order chi connectivity index (χ0) is 53.5. The number of aryl methyl sites for hydroxylation is 1. The van der Waals surface area contributed by atoms with Gasteiger partial charge in [0.2, 0.25) is 17.7 Å². The molecule has 3 fully saturated rings. The van der Waals surface area contributed by atoms with Gasteiger partial charge in [-0.3, -0.25) is 24.1 Å². The van der Waals surface area contributed by atoms with Crippen molar-refractivity contribution in [1.82, 2.24) is 25.4 Å². The number of carbonyl (C=O) groups excluding carboxylic acids is 4. The fraction of sp³-hybridized carbons (Fsp3) is 0.500. The molecule has 3 atom stereocenters. The Hall–Kier alpha value is -5.82. The van der Waals surface area contributed by atoms with Crippen LogP contribution in [0.2, 0.25) is 0 Å². The number of benzene rings is 3. The number of β-amino-alcohol motifs (C(OH)–C–C–N with tert-alkyl or cyclic N) is 1. The Balaban J connectivity index is 0.778. The lowest BCUT2D eigenvalue weighted by Crippen LogP contribution is -2.58. The number of thiazole rings is 1. The normalized spacial score (nSPS) is 19.0. The number of halogens is 3.